The summed E-state index contributed by atoms with van der Waals surface area (Å²) in [5.74, 6) is -1.99. The molecule has 4 rings (SSSR count). The van der Waals surface area contributed by atoms with Crippen molar-refractivity contribution in [3.05, 3.63) is 89.7 Å². The number of fused-ring (bicyclic) bond motifs is 1. The summed E-state index contributed by atoms with van der Waals surface area (Å²) in [6.45, 7) is 1.36. The van der Waals surface area contributed by atoms with Crippen molar-refractivity contribution in [1.29, 1.82) is 5.26 Å². The van der Waals surface area contributed by atoms with Gasteiger partial charge in [-0.05, 0) is 55.0 Å². The number of carbonyl (C=O) groups is 1. The number of ether oxygens (including phenoxy) is 2. The predicted molar refractivity (Wildman–Crippen MR) is 123 cm³/mol. The minimum atomic E-state index is -4.63. The van der Waals surface area contributed by atoms with Gasteiger partial charge in [-0.1, -0.05) is 24.3 Å². The van der Waals surface area contributed by atoms with E-state index in [4.69, 9.17) is 13.9 Å². The first-order valence-electron chi connectivity index (χ1n) is 11.0. The summed E-state index contributed by atoms with van der Waals surface area (Å²) in [5, 5.41) is 9.99. The fraction of sp³-hybridized carbons (Fsp3) is 0.185. The van der Waals surface area contributed by atoms with Crippen molar-refractivity contribution >= 4 is 16.6 Å². The number of rotatable bonds is 7. The lowest BCUT2D eigenvalue weighted by Crippen LogP contribution is -2.29. The predicted octanol–water partition coefficient (Wildman–Crippen LogP) is 7.91. The Morgan fingerprint density at radius 3 is 2.16 bits per heavy atom. The van der Waals surface area contributed by atoms with Crippen molar-refractivity contribution in [3.8, 4) is 23.5 Å². The summed E-state index contributed by atoms with van der Waals surface area (Å²) >= 11 is 0. The molecule has 0 N–H and O–H groups in total. The number of hydrogen-bond donors (Lipinski definition) is 0. The van der Waals surface area contributed by atoms with Gasteiger partial charge in [0.2, 0.25) is 0 Å². The number of nitriles is 1. The molecular weight excluding hydrogens is 516 g/mol. The number of furan rings is 1. The van der Waals surface area contributed by atoms with Crippen LogP contribution in [-0.2, 0) is 17.1 Å². The monoisotopic (exact) mass is 533 g/mol. The Kier molecular flexibility index (Phi) is 7.09. The fourth-order valence-electron chi connectivity index (χ4n) is 3.66. The Hall–Kier alpha value is -4.46. The van der Waals surface area contributed by atoms with Gasteiger partial charge in [0.25, 0.3) is 5.95 Å². The molecule has 0 bridgehead atoms. The van der Waals surface area contributed by atoms with E-state index in [0.29, 0.717) is 5.39 Å². The average Bonchev–Trinajstić information content (AvgIpc) is 3.26. The zero-order chi connectivity index (χ0) is 27.7. The Bertz CT molecular complexity index is 1500. The highest BCUT2D eigenvalue weighted by atomic mass is 19.4. The van der Waals surface area contributed by atoms with Crippen LogP contribution in [0, 0.1) is 11.3 Å². The lowest BCUT2D eigenvalue weighted by Gasteiger charge is -2.18. The molecule has 0 aliphatic rings. The second-order valence-electron chi connectivity index (χ2n) is 8.24. The van der Waals surface area contributed by atoms with Crippen LogP contribution < -0.4 is 9.47 Å². The molecule has 11 heteroatoms. The maximum Gasteiger partial charge on any atom is 0.416 e. The van der Waals surface area contributed by atoms with E-state index in [-0.39, 0.29) is 28.4 Å². The molecule has 2 atom stereocenters. The molecule has 0 amide bonds. The normalized spacial score (nSPS) is 13.5. The molecule has 196 valence electrons. The molecule has 0 aliphatic carbocycles. The molecule has 0 radical (unpaired) electrons. The summed E-state index contributed by atoms with van der Waals surface area (Å²) in [5.41, 5.74) is -1.95. The van der Waals surface area contributed by atoms with Crippen LogP contribution in [0.1, 0.15) is 29.5 Å². The highest BCUT2D eigenvalue weighted by Crippen LogP contribution is 2.37. The number of benzene rings is 3. The van der Waals surface area contributed by atoms with E-state index in [1.165, 1.54) is 49.6 Å². The third kappa shape index (κ3) is 5.75. The molecule has 1 heterocycles. The van der Waals surface area contributed by atoms with Gasteiger partial charge in [0.15, 0.2) is 11.9 Å². The van der Waals surface area contributed by atoms with Crippen molar-refractivity contribution in [2.24, 2.45) is 0 Å². The summed E-state index contributed by atoms with van der Waals surface area (Å²) in [7, 11) is 0. The van der Waals surface area contributed by atoms with E-state index < -0.39 is 41.3 Å². The van der Waals surface area contributed by atoms with Crippen molar-refractivity contribution in [2.75, 3.05) is 0 Å². The second-order valence-corrected chi connectivity index (χ2v) is 8.24. The van der Waals surface area contributed by atoms with Crippen LogP contribution in [-0.4, -0.2) is 11.9 Å². The third-order valence-electron chi connectivity index (χ3n) is 5.60. The van der Waals surface area contributed by atoms with Crippen LogP contribution in [0.3, 0.4) is 0 Å². The Balaban J connectivity index is 1.46. The summed E-state index contributed by atoms with van der Waals surface area (Å²) in [4.78, 5) is 12.8. The van der Waals surface area contributed by atoms with Crippen molar-refractivity contribution in [1.82, 2.24) is 0 Å². The van der Waals surface area contributed by atoms with Crippen LogP contribution in [0.25, 0.3) is 10.8 Å². The molecule has 2 unspecified atom stereocenters. The van der Waals surface area contributed by atoms with Crippen LogP contribution >= 0.6 is 0 Å². The van der Waals surface area contributed by atoms with Crippen LogP contribution in [0.5, 0.6) is 17.4 Å². The minimum absolute atomic E-state index is 0.106. The highest BCUT2D eigenvalue weighted by molar-refractivity contribution is 5.92. The van der Waals surface area contributed by atoms with E-state index in [2.05, 4.69) is 0 Å². The molecule has 0 fully saturated rings. The standard InChI is InChI=1S/C27H17F6NO4/c1-15(24(35)23(13-34)16-3-2-4-18(11-16)26(28,29)30)37-20-7-9-21(10-8-20)38-25-22-12-19(27(31,32)33)6-5-17(22)14-36-25/h2-12,14-15,23H,1H3. The lowest BCUT2D eigenvalue weighted by atomic mass is 9.92. The number of halogens is 6. The lowest BCUT2D eigenvalue weighted by molar-refractivity contribution is -0.138. The largest absolute Gasteiger partial charge is 0.483 e. The van der Waals surface area contributed by atoms with Gasteiger partial charge in [-0.2, -0.15) is 31.6 Å². The summed E-state index contributed by atoms with van der Waals surface area (Å²) < 4.78 is 94.6. The molecule has 4 aromatic rings. The van der Waals surface area contributed by atoms with Crippen molar-refractivity contribution < 1.29 is 45.0 Å². The van der Waals surface area contributed by atoms with Crippen LogP contribution in [0.2, 0.25) is 0 Å². The maximum absolute atomic E-state index is 13.0. The second kappa shape index (κ2) is 10.1. The fourth-order valence-corrected chi connectivity index (χ4v) is 3.66. The molecule has 0 aliphatic heterocycles. The molecule has 0 saturated carbocycles. The summed E-state index contributed by atoms with van der Waals surface area (Å²) in [6, 6.07) is 14.5. The molecule has 0 spiro atoms. The van der Waals surface area contributed by atoms with E-state index in [1.54, 1.807) is 6.07 Å². The van der Waals surface area contributed by atoms with Gasteiger partial charge < -0.3 is 13.9 Å². The number of alkyl halides is 6. The van der Waals surface area contributed by atoms with Gasteiger partial charge in [-0.15, -0.1) is 0 Å². The van der Waals surface area contributed by atoms with Gasteiger partial charge in [0.1, 0.15) is 23.7 Å². The zero-order valence-electron chi connectivity index (χ0n) is 19.4. The third-order valence-corrected chi connectivity index (χ3v) is 5.60. The number of ketones is 1. The van der Waals surface area contributed by atoms with Gasteiger partial charge in [-0.25, -0.2) is 0 Å². The molecule has 38 heavy (non-hydrogen) atoms. The van der Waals surface area contributed by atoms with Crippen molar-refractivity contribution in [2.45, 2.75) is 31.3 Å². The topological polar surface area (TPSA) is 72.5 Å². The quantitative estimate of drug-likeness (QED) is 0.226. The van der Waals surface area contributed by atoms with E-state index in [0.717, 1.165) is 30.3 Å². The molecule has 0 saturated heterocycles. The van der Waals surface area contributed by atoms with Crippen LogP contribution in [0.15, 0.2) is 77.4 Å². The minimum Gasteiger partial charge on any atom is -0.483 e. The summed E-state index contributed by atoms with van der Waals surface area (Å²) in [6.07, 6.45) is -9.10. The van der Waals surface area contributed by atoms with Gasteiger partial charge >= 0.3 is 12.4 Å². The first-order valence-corrected chi connectivity index (χ1v) is 11.0. The first kappa shape index (κ1) is 26.6. The van der Waals surface area contributed by atoms with E-state index >= 15 is 0 Å². The van der Waals surface area contributed by atoms with E-state index in [9.17, 15) is 36.4 Å². The molecular formula is C27H17F6NO4. The molecule has 3 aromatic carbocycles. The number of carbonyl (C=O) groups excluding carboxylic acids is 1. The molecule has 1 aromatic heterocycles. The van der Waals surface area contributed by atoms with Gasteiger partial charge in [-0.3, -0.25) is 4.79 Å². The van der Waals surface area contributed by atoms with Crippen LogP contribution in [0.4, 0.5) is 26.3 Å². The average molecular weight is 533 g/mol. The maximum atomic E-state index is 13.0. The number of nitrogens with zero attached hydrogens (tertiary/aromatic N) is 1. The van der Waals surface area contributed by atoms with Gasteiger partial charge in [0, 0.05) is 5.39 Å². The highest BCUT2D eigenvalue weighted by Gasteiger charge is 2.33. The Labute approximate surface area is 211 Å². The number of Topliss-reactive ketones (excluding diaryl/α,β-unsaturated/α-hetero) is 1. The first-order chi connectivity index (χ1) is 17.9. The van der Waals surface area contributed by atoms with Gasteiger partial charge in [0.05, 0.1) is 22.6 Å². The van der Waals surface area contributed by atoms with Crippen molar-refractivity contribution in [3.63, 3.8) is 0 Å². The van der Waals surface area contributed by atoms with E-state index in [1.807, 2.05) is 0 Å². The zero-order valence-corrected chi connectivity index (χ0v) is 19.4. The smallest absolute Gasteiger partial charge is 0.416 e. The molecule has 5 nitrogen and oxygen atoms in total. The Morgan fingerprint density at radius 2 is 1.53 bits per heavy atom. The Morgan fingerprint density at radius 1 is 0.895 bits per heavy atom. The SMILES string of the molecule is CC(Oc1ccc(Oc2occ3ccc(C(F)(F)F)cc23)cc1)C(=O)C(C#N)c1cccc(C(F)(F)F)c1. The number of hydrogen-bond acceptors (Lipinski definition) is 5.